The summed E-state index contributed by atoms with van der Waals surface area (Å²) in [7, 11) is 0. The van der Waals surface area contributed by atoms with E-state index in [0.29, 0.717) is 23.5 Å². The van der Waals surface area contributed by atoms with Gasteiger partial charge in [0.1, 0.15) is 18.3 Å². The molecule has 0 saturated carbocycles. The molecule has 4 heterocycles. The second-order valence-corrected chi connectivity index (χ2v) is 8.35. The van der Waals surface area contributed by atoms with Crippen LogP contribution in [0.3, 0.4) is 0 Å². The van der Waals surface area contributed by atoms with Gasteiger partial charge < -0.3 is 9.64 Å². The zero-order valence-corrected chi connectivity index (χ0v) is 15.4. The van der Waals surface area contributed by atoms with Crippen LogP contribution in [0.1, 0.15) is 31.0 Å². The van der Waals surface area contributed by atoms with Gasteiger partial charge in [-0.15, -0.1) is 11.8 Å². The molecule has 2 fully saturated rings. The number of hydrogen-bond acceptors (Lipinski definition) is 6. The van der Waals surface area contributed by atoms with E-state index in [0.717, 1.165) is 12.0 Å². The minimum atomic E-state index is -0.566. The monoisotopic (exact) mass is 373 g/mol. The predicted octanol–water partition coefficient (Wildman–Crippen LogP) is 1.50. The molecule has 2 aliphatic heterocycles. The fourth-order valence-electron chi connectivity index (χ4n) is 3.62. The largest absolute Gasteiger partial charge is 0.458 e. The van der Waals surface area contributed by atoms with Crippen LogP contribution >= 0.6 is 11.8 Å². The summed E-state index contributed by atoms with van der Waals surface area (Å²) in [6.07, 6.45) is 2.88. The van der Waals surface area contributed by atoms with E-state index in [2.05, 4.69) is 4.98 Å². The van der Waals surface area contributed by atoms with E-state index in [9.17, 15) is 14.4 Å². The first-order valence-electron chi connectivity index (χ1n) is 8.50. The molecular formula is C18H19N3O4S. The van der Waals surface area contributed by atoms with Crippen LogP contribution in [0.25, 0.3) is 5.65 Å². The van der Waals surface area contributed by atoms with E-state index >= 15 is 0 Å². The minimum Gasteiger partial charge on any atom is -0.458 e. The highest BCUT2D eigenvalue weighted by Gasteiger charge is 2.53. The van der Waals surface area contributed by atoms with Gasteiger partial charge >= 0.3 is 5.97 Å². The number of esters is 1. The number of pyridine rings is 1. The summed E-state index contributed by atoms with van der Waals surface area (Å²) in [4.78, 5) is 42.6. The minimum absolute atomic E-state index is 0.00264. The van der Waals surface area contributed by atoms with Crippen molar-refractivity contribution in [2.24, 2.45) is 0 Å². The van der Waals surface area contributed by atoms with E-state index < -0.39 is 12.0 Å². The summed E-state index contributed by atoms with van der Waals surface area (Å²) in [6, 6.07) is 4.46. The molecule has 2 aromatic rings. The summed E-state index contributed by atoms with van der Waals surface area (Å²) in [5, 5.41) is 0. The lowest BCUT2D eigenvalue weighted by atomic mass is 10.2. The maximum atomic E-state index is 12.5. The van der Waals surface area contributed by atoms with Crippen molar-refractivity contribution in [2.45, 2.75) is 44.2 Å². The molecule has 8 heteroatoms. The fourth-order valence-corrected chi connectivity index (χ4v) is 5.04. The molecule has 2 atom stereocenters. The molecule has 136 valence electrons. The number of hydrogen-bond donors (Lipinski definition) is 0. The average molecular weight is 373 g/mol. The fraction of sp³-hybridized carbons (Fsp3) is 0.444. The van der Waals surface area contributed by atoms with E-state index in [4.69, 9.17) is 4.74 Å². The molecule has 4 rings (SSSR count). The van der Waals surface area contributed by atoms with Gasteiger partial charge in [0.25, 0.3) is 5.56 Å². The first-order chi connectivity index (χ1) is 12.4. The summed E-state index contributed by atoms with van der Waals surface area (Å²) in [5.74, 6) is 0.0916. The van der Waals surface area contributed by atoms with E-state index in [1.165, 1.54) is 10.5 Å². The van der Waals surface area contributed by atoms with Crippen molar-refractivity contribution in [3.63, 3.8) is 0 Å². The number of carbonyl (C=O) groups excluding carboxylic acids is 2. The Morgan fingerprint density at radius 2 is 2.27 bits per heavy atom. The lowest BCUT2D eigenvalue weighted by molar-refractivity contribution is -0.154. The van der Waals surface area contributed by atoms with Crippen molar-refractivity contribution in [3.8, 4) is 0 Å². The quantitative estimate of drug-likeness (QED) is 0.759. The van der Waals surface area contributed by atoms with Crippen LogP contribution in [0.15, 0.2) is 29.2 Å². The first kappa shape index (κ1) is 17.1. The SMILES string of the molecule is Cc1cccn2c(=O)cc(COC(=O)[C@H]3CS[C@@]4(C)CCC(=O)N34)nc12. The van der Waals surface area contributed by atoms with Gasteiger partial charge in [-0.3, -0.25) is 14.0 Å². The molecular weight excluding hydrogens is 354 g/mol. The molecule has 0 N–H and O–H groups in total. The molecule has 2 aliphatic rings. The smallest absolute Gasteiger partial charge is 0.330 e. The number of ether oxygens (including phenoxy) is 1. The molecule has 0 aromatic carbocycles. The average Bonchev–Trinajstić information content (AvgIpc) is 3.10. The topological polar surface area (TPSA) is 81.0 Å². The highest BCUT2D eigenvalue weighted by atomic mass is 32.2. The third-order valence-corrected chi connectivity index (χ3v) is 6.52. The molecule has 0 spiro atoms. The number of rotatable bonds is 3. The van der Waals surface area contributed by atoms with Crippen LogP contribution in [0.4, 0.5) is 0 Å². The number of fused-ring (bicyclic) bond motifs is 2. The third kappa shape index (κ3) is 2.68. The van der Waals surface area contributed by atoms with Gasteiger partial charge in [0, 0.05) is 24.4 Å². The number of aromatic nitrogens is 2. The van der Waals surface area contributed by atoms with Crippen molar-refractivity contribution in [2.75, 3.05) is 5.75 Å². The second-order valence-electron chi connectivity index (χ2n) is 6.84. The standard InChI is InChI=1S/C18H19N3O4S/c1-11-4-3-7-20-15(23)8-12(19-16(11)20)9-25-17(24)13-10-26-18(2)6-5-14(22)21(13)18/h3-4,7-8,13H,5-6,9-10H2,1-2H3/t13-,18+/m1/s1. The highest BCUT2D eigenvalue weighted by Crippen LogP contribution is 2.47. The number of nitrogens with zero attached hydrogens (tertiary/aromatic N) is 3. The molecule has 1 amide bonds. The zero-order chi connectivity index (χ0) is 18.5. The van der Waals surface area contributed by atoms with Crippen LogP contribution in [0, 0.1) is 6.92 Å². The molecule has 7 nitrogen and oxygen atoms in total. The Morgan fingerprint density at radius 1 is 1.46 bits per heavy atom. The zero-order valence-electron chi connectivity index (χ0n) is 14.6. The van der Waals surface area contributed by atoms with Crippen LogP contribution in [-0.4, -0.2) is 42.8 Å². The van der Waals surface area contributed by atoms with Gasteiger partial charge in [-0.05, 0) is 31.9 Å². The van der Waals surface area contributed by atoms with Crippen molar-refractivity contribution < 1.29 is 14.3 Å². The van der Waals surface area contributed by atoms with Gasteiger partial charge in [-0.25, -0.2) is 9.78 Å². The summed E-state index contributed by atoms with van der Waals surface area (Å²) in [5.41, 5.74) is 1.59. The van der Waals surface area contributed by atoms with Crippen LogP contribution in [0.2, 0.25) is 0 Å². The molecule has 0 bridgehead atoms. The second kappa shape index (κ2) is 6.12. The lowest BCUT2D eigenvalue weighted by Gasteiger charge is -2.29. The molecule has 2 saturated heterocycles. The first-order valence-corrected chi connectivity index (χ1v) is 9.48. The summed E-state index contributed by atoms with van der Waals surface area (Å²) in [6.45, 7) is 3.77. The molecule has 0 aliphatic carbocycles. The van der Waals surface area contributed by atoms with Crippen molar-refractivity contribution in [1.82, 2.24) is 14.3 Å². The number of amides is 1. The highest BCUT2D eigenvalue weighted by molar-refractivity contribution is 8.01. The Kier molecular flexibility index (Phi) is 4.02. The van der Waals surface area contributed by atoms with E-state index in [-0.39, 0.29) is 22.9 Å². The lowest BCUT2D eigenvalue weighted by Crippen LogP contribution is -2.46. The van der Waals surface area contributed by atoms with E-state index in [1.807, 2.05) is 19.9 Å². The Hall–Kier alpha value is -2.35. The van der Waals surface area contributed by atoms with Gasteiger partial charge in [-0.2, -0.15) is 0 Å². The van der Waals surface area contributed by atoms with Crippen molar-refractivity contribution in [1.29, 1.82) is 0 Å². The normalized spacial score (nSPS) is 24.9. The Labute approximate surface area is 154 Å². The number of thioether (sulfide) groups is 1. The van der Waals surface area contributed by atoms with Crippen molar-refractivity contribution in [3.05, 3.63) is 46.0 Å². The van der Waals surface area contributed by atoms with Crippen LogP contribution in [0.5, 0.6) is 0 Å². The van der Waals surface area contributed by atoms with Crippen molar-refractivity contribution >= 4 is 29.3 Å². The van der Waals surface area contributed by atoms with Gasteiger partial charge in [-0.1, -0.05) is 6.07 Å². The number of carbonyl (C=O) groups is 2. The van der Waals surface area contributed by atoms with Gasteiger partial charge in [0.15, 0.2) is 0 Å². The van der Waals surface area contributed by atoms with Crippen LogP contribution < -0.4 is 5.56 Å². The maximum Gasteiger partial charge on any atom is 0.330 e. The van der Waals surface area contributed by atoms with Gasteiger partial charge in [0.2, 0.25) is 5.91 Å². The maximum absolute atomic E-state index is 12.5. The molecule has 0 unspecified atom stereocenters. The third-order valence-electron chi connectivity index (χ3n) is 5.02. The molecule has 2 aromatic heterocycles. The summed E-state index contributed by atoms with van der Waals surface area (Å²) < 4.78 is 6.86. The predicted molar refractivity (Wildman–Crippen MR) is 96.7 cm³/mol. The molecule has 26 heavy (non-hydrogen) atoms. The van der Waals surface area contributed by atoms with E-state index in [1.54, 1.807) is 28.9 Å². The Balaban J connectivity index is 1.52. The molecule has 0 radical (unpaired) electrons. The summed E-state index contributed by atoms with van der Waals surface area (Å²) >= 11 is 1.62. The Morgan fingerprint density at radius 3 is 3.08 bits per heavy atom. The number of aryl methyl sites for hydroxylation is 1. The van der Waals surface area contributed by atoms with Gasteiger partial charge in [0.05, 0.1) is 10.6 Å². The Bertz CT molecular complexity index is 973. The van der Waals surface area contributed by atoms with Crippen LogP contribution in [-0.2, 0) is 20.9 Å².